The molecule has 0 aliphatic heterocycles. The van der Waals surface area contributed by atoms with Crippen LogP contribution in [0.1, 0.15) is 39.5 Å². The van der Waals surface area contributed by atoms with Crippen molar-refractivity contribution in [3.05, 3.63) is 0 Å². The molecule has 0 aromatic carbocycles. The Morgan fingerprint density at radius 1 is 0.923 bits per heavy atom. The first-order valence-electron chi connectivity index (χ1n) is 4.02. The van der Waals surface area contributed by atoms with Gasteiger partial charge in [0.2, 0.25) is 0 Å². The molecule has 0 aliphatic carbocycles. The molecule has 5 heteroatoms. The Balaban J connectivity index is -0.0000000512. The van der Waals surface area contributed by atoms with E-state index in [1.165, 1.54) is 25.7 Å². The maximum atomic E-state index is 7.00. The second-order valence-electron chi connectivity index (χ2n) is 1.95. The Hall–Kier alpha value is 0.790. The van der Waals surface area contributed by atoms with Crippen molar-refractivity contribution in [1.82, 2.24) is 0 Å². The van der Waals surface area contributed by atoms with Gasteiger partial charge in [-0.05, 0) is 0 Å². The van der Waals surface area contributed by atoms with Crippen LogP contribution >= 0.6 is 34.8 Å². The summed E-state index contributed by atoms with van der Waals surface area (Å²) >= 11 is 14.4. The fourth-order valence-electron chi connectivity index (χ4n) is 0.500. The summed E-state index contributed by atoms with van der Waals surface area (Å²) in [6.07, 6.45) is 5.54. The summed E-state index contributed by atoms with van der Waals surface area (Å²) in [5, 5.41) is 7.00. The van der Waals surface area contributed by atoms with E-state index in [-0.39, 0.29) is 5.48 Å². The Kier molecular flexibility index (Phi) is 53.0. The van der Waals surface area contributed by atoms with Gasteiger partial charge in [0.05, 0.1) is 0 Å². The van der Waals surface area contributed by atoms with Gasteiger partial charge in [-0.3, -0.25) is 0 Å². The van der Waals surface area contributed by atoms with Gasteiger partial charge in [-0.2, -0.15) is 0 Å². The van der Waals surface area contributed by atoms with Crippen molar-refractivity contribution in [2.24, 2.45) is 0 Å². The third kappa shape index (κ3) is 104. The monoisotopic (exact) mass is 254 g/mol. The lowest BCUT2D eigenvalue weighted by atomic mass is 10.2. The Bertz CT molecular complexity index is 47.9. The molecule has 0 aromatic heterocycles. The molecule has 0 aromatic rings. The molecule has 0 saturated carbocycles. The number of aliphatic hydroxyl groups is 1. The lowest BCUT2D eigenvalue weighted by Crippen LogP contribution is -1.66. The lowest BCUT2D eigenvalue weighted by molar-refractivity contribution is 0.399. The second-order valence-corrected chi connectivity index (χ2v) is 3.93. The molecule has 2 nitrogen and oxygen atoms in total. The molecule has 0 fully saturated rings. The topological polar surface area (TPSA) is 51.7 Å². The minimum atomic E-state index is -0.750. The van der Waals surface area contributed by atoms with E-state index in [1.54, 1.807) is 0 Å². The average molecular weight is 256 g/mol. The van der Waals surface area contributed by atoms with Crippen LogP contribution in [-0.2, 0) is 0 Å². The van der Waals surface area contributed by atoms with Crippen molar-refractivity contribution in [2.75, 3.05) is 7.11 Å². The largest absolute Gasteiger partial charge is 0.412 e. The normalized spacial score (nSPS) is 7.38. The van der Waals surface area contributed by atoms with E-state index in [0.29, 0.717) is 0 Å². The molecule has 0 bridgehead atoms. The van der Waals surface area contributed by atoms with Crippen LogP contribution in [0, 0.1) is 0 Å². The summed E-state index contributed by atoms with van der Waals surface area (Å²) in [5.74, 6) is 0. The van der Waals surface area contributed by atoms with E-state index in [1.807, 2.05) is 0 Å². The lowest BCUT2D eigenvalue weighted by Gasteiger charge is -1.86. The molecule has 0 heterocycles. The molecule has 3 N–H and O–H groups in total. The van der Waals surface area contributed by atoms with E-state index in [4.69, 9.17) is 39.9 Å². The molecule has 0 radical (unpaired) electrons. The molecule has 0 amide bonds. The smallest absolute Gasteiger partial charge is 0.180 e. The van der Waals surface area contributed by atoms with Gasteiger partial charge in [-0.25, -0.2) is 0 Å². The fourth-order valence-corrected chi connectivity index (χ4v) is 0.500. The number of aliphatic hydroxyl groups excluding tert-OH is 1. The van der Waals surface area contributed by atoms with Gasteiger partial charge in [0.1, 0.15) is 0 Å². The maximum absolute atomic E-state index is 7.00. The van der Waals surface area contributed by atoms with Gasteiger partial charge in [0.15, 0.2) is 4.30 Å². The zero-order valence-corrected chi connectivity index (χ0v) is 10.8. The van der Waals surface area contributed by atoms with Gasteiger partial charge < -0.3 is 10.6 Å². The molecule has 86 valence electrons. The van der Waals surface area contributed by atoms with Crippen LogP contribution in [0.2, 0.25) is 0 Å². The van der Waals surface area contributed by atoms with Gasteiger partial charge >= 0.3 is 0 Å². The first-order valence-corrected chi connectivity index (χ1v) is 5.33. The molecule has 0 atom stereocenters. The van der Waals surface area contributed by atoms with Gasteiger partial charge in [-0.1, -0.05) is 74.3 Å². The zero-order chi connectivity index (χ0) is 10.4. The van der Waals surface area contributed by atoms with Crippen molar-refractivity contribution in [2.45, 2.75) is 43.8 Å². The van der Waals surface area contributed by atoms with Crippen molar-refractivity contribution >= 4 is 34.8 Å². The molecule has 0 rings (SSSR count). The van der Waals surface area contributed by atoms with Gasteiger partial charge in [-0.15, -0.1) is 0 Å². The molecule has 0 saturated heterocycles. The highest BCUT2D eigenvalue weighted by molar-refractivity contribution is 6.63. The molecule has 13 heavy (non-hydrogen) atoms. The van der Waals surface area contributed by atoms with Crippen LogP contribution in [0.3, 0.4) is 0 Å². The second kappa shape index (κ2) is 29.3. The van der Waals surface area contributed by atoms with Crippen LogP contribution in [0.25, 0.3) is 0 Å². The fraction of sp³-hybridized carbons (Fsp3) is 1.00. The SMILES string of the molecule is CCCCCC.CO.ClC(Cl)Cl.O. The van der Waals surface area contributed by atoms with Crippen molar-refractivity contribution in [3.8, 4) is 0 Å². The number of alkyl halides is 3. The van der Waals surface area contributed by atoms with Crippen molar-refractivity contribution < 1.29 is 10.6 Å². The Morgan fingerprint density at radius 3 is 1.15 bits per heavy atom. The standard InChI is InChI=1S/C6H14.CHCl3.CH4O.H2O/c1-3-5-6-4-2;2-1(3)4;1-2;/h3-6H2,1-2H3;1H;2H,1H3;1H2. The molecule has 0 unspecified atom stereocenters. The summed E-state index contributed by atoms with van der Waals surface area (Å²) in [7, 11) is 1.00. The number of halogens is 3. The Labute approximate surface area is 96.5 Å². The molecular formula is C8H21Cl3O2. The van der Waals surface area contributed by atoms with Crippen LogP contribution in [0.5, 0.6) is 0 Å². The van der Waals surface area contributed by atoms with E-state index < -0.39 is 4.30 Å². The van der Waals surface area contributed by atoms with Crippen molar-refractivity contribution in [3.63, 3.8) is 0 Å². The third-order valence-electron chi connectivity index (χ3n) is 0.957. The van der Waals surface area contributed by atoms with Crippen LogP contribution in [0.15, 0.2) is 0 Å². The quantitative estimate of drug-likeness (QED) is 0.610. The molecule has 0 spiro atoms. The number of hydrogen-bond acceptors (Lipinski definition) is 1. The van der Waals surface area contributed by atoms with E-state index >= 15 is 0 Å². The summed E-state index contributed by atoms with van der Waals surface area (Å²) < 4.78 is -0.750. The highest BCUT2D eigenvalue weighted by Gasteiger charge is 1.79. The number of hydrogen-bond donors (Lipinski definition) is 1. The van der Waals surface area contributed by atoms with Gasteiger partial charge in [0, 0.05) is 7.11 Å². The first-order chi connectivity index (χ1) is 5.65. The minimum Gasteiger partial charge on any atom is -0.412 e. The van der Waals surface area contributed by atoms with Crippen LogP contribution in [0.4, 0.5) is 0 Å². The zero-order valence-electron chi connectivity index (χ0n) is 8.49. The first kappa shape index (κ1) is 23.5. The van der Waals surface area contributed by atoms with Crippen molar-refractivity contribution in [1.29, 1.82) is 0 Å². The van der Waals surface area contributed by atoms with E-state index in [9.17, 15) is 0 Å². The predicted molar refractivity (Wildman–Crippen MR) is 62.9 cm³/mol. The Morgan fingerprint density at radius 2 is 1.08 bits per heavy atom. The predicted octanol–water partition coefficient (Wildman–Crippen LogP) is 3.36. The summed E-state index contributed by atoms with van der Waals surface area (Å²) in [6, 6.07) is 0. The van der Waals surface area contributed by atoms with Gasteiger partial charge in [0.25, 0.3) is 0 Å². The summed E-state index contributed by atoms with van der Waals surface area (Å²) in [4.78, 5) is 0. The van der Waals surface area contributed by atoms with Crippen LogP contribution in [-0.4, -0.2) is 22.0 Å². The van der Waals surface area contributed by atoms with Crippen LogP contribution < -0.4 is 0 Å². The summed E-state index contributed by atoms with van der Waals surface area (Å²) in [6.45, 7) is 4.46. The maximum Gasteiger partial charge on any atom is 0.180 e. The molecule has 0 aliphatic rings. The highest BCUT2D eigenvalue weighted by Crippen LogP contribution is 2.03. The molecular weight excluding hydrogens is 234 g/mol. The summed E-state index contributed by atoms with van der Waals surface area (Å²) in [5.41, 5.74) is 0. The van der Waals surface area contributed by atoms with E-state index in [0.717, 1.165) is 7.11 Å². The number of rotatable bonds is 3. The minimum absolute atomic E-state index is 0. The van der Waals surface area contributed by atoms with E-state index in [2.05, 4.69) is 13.8 Å². The third-order valence-corrected chi connectivity index (χ3v) is 0.957. The average Bonchev–Trinajstić information content (AvgIpc) is 2.04. The number of unbranched alkanes of at least 4 members (excludes halogenated alkanes) is 3. The highest BCUT2D eigenvalue weighted by atomic mass is 35.6.